The number of anilines is 2. The van der Waals surface area contributed by atoms with E-state index in [1.165, 1.54) is 5.56 Å². The van der Waals surface area contributed by atoms with E-state index in [2.05, 4.69) is 35.4 Å². The van der Waals surface area contributed by atoms with Crippen LogP contribution in [0.4, 0.5) is 11.4 Å². The lowest BCUT2D eigenvalue weighted by Crippen LogP contribution is -2.02. The first-order chi connectivity index (χ1) is 10.6. The average molecular weight is 293 g/mol. The summed E-state index contributed by atoms with van der Waals surface area (Å²) in [6.07, 6.45) is 3.24. The fraction of sp³-hybridized carbons (Fsp3) is 0.167. The molecule has 1 heterocycles. The second kappa shape index (κ2) is 5.93. The summed E-state index contributed by atoms with van der Waals surface area (Å²) in [5.41, 5.74) is 12.2. The standard InChI is InChI=1S/C18H19N3O/c1-12-9-14(3-5-16(12)19)11-21-17-6-4-15(10-13(17)2)18-20-7-8-22-18/h3-10,21H,11,19H2,1-2H3. The lowest BCUT2D eigenvalue weighted by Gasteiger charge is -2.11. The maximum Gasteiger partial charge on any atom is 0.225 e. The first-order valence-electron chi connectivity index (χ1n) is 7.23. The molecule has 112 valence electrons. The molecule has 0 aliphatic heterocycles. The van der Waals surface area contributed by atoms with Gasteiger partial charge in [-0.25, -0.2) is 4.98 Å². The number of oxazole rings is 1. The Morgan fingerprint density at radius 1 is 1.09 bits per heavy atom. The number of nitrogens with zero attached hydrogens (tertiary/aromatic N) is 1. The molecule has 3 aromatic rings. The van der Waals surface area contributed by atoms with Gasteiger partial charge in [0.1, 0.15) is 6.26 Å². The van der Waals surface area contributed by atoms with Crippen LogP contribution >= 0.6 is 0 Å². The molecule has 0 saturated carbocycles. The van der Waals surface area contributed by atoms with Crippen molar-refractivity contribution in [2.45, 2.75) is 20.4 Å². The summed E-state index contributed by atoms with van der Waals surface area (Å²) >= 11 is 0. The van der Waals surface area contributed by atoms with Gasteiger partial charge < -0.3 is 15.5 Å². The highest BCUT2D eigenvalue weighted by molar-refractivity contribution is 5.62. The molecule has 0 fully saturated rings. The van der Waals surface area contributed by atoms with E-state index in [9.17, 15) is 0 Å². The molecule has 3 rings (SSSR count). The topological polar surface area (TPSA) is 64.1 Å². The van der Waals surface area contributed by atoms with Crippen LogP contribution in [0.1, 0.15) is 16.7 Å². The molecule has 4 nitrogen and oxygen atoms in total. The Morgan fingerprint density at radius 2 is 1.95 bits per heavy atom. The molecule has 0 amide bonds. The number of aromatic nitrogens is 1. The molecule has 0 radical (unpaired) electrons. The third kappa shape index (κ3) is 2.96. The third-order valence-electron chi connectivity index (χ3n) is 3.72. The van der Waals surface area contributed by atoms with Gasteiger partial charge in [-0.2, -0.15) is 0 Å². The van der Waals surface area contributed by atoms with E-state index in [1.54, 1.807) is 12.5 Å². The molecule has 0 aliphatic carbocycles. The molecule has 0 saturated heterocycles. The maximum absolute atomic E-state index is 5.85. The number of rotatable bonds is 4. The summed E-state index contributed by atoms with van der Waals surface area (Å²) in [5, 5.41) is 3.46. The molecule has 0 aliphatic rings. The summed E-state index contributed by atoms with van der Waals surface area (Å²) in [6.45, 7) is 4.86. The van der Waals surface area contributed by atoms with Gasteiger partial charge in [0.2, 0.25) is 5.89 Å². The first kappa shape index (κ1) is 14.2. The summed E-state index contributed by atoms with van der Waals surface area (Å²) in [5.74, 6) is 0.642. The van der Waals surface area contributed by atoms with Gasteiger partial charge in [0, 0.05) is 23.5 Å². The van der Waals surface area contributed by atoms with Gasteiger partial charge in [0.05, 0.1) is 6.20 Å². The minimum absolute atomic E-state index is 0.642. The van der Waals surface area contributed by atoms with Gasteiger partial charge in [-0.1, -0.05) is 12.1 Å². The summed E-state index contributed by atoms with van der Waals surface area (Å²) in [6, 6.07) is 12.2. The zero-order valence-electron chi connectivity index (χ0n) is 12.8. The van der Waals surface area contributed by atoms with Gasteiger partial charge in [-0.15, -0.1) is 0 Å². The lowest BCUT2D eigenvalue weighted by molar-refractivity contribution is 0.574. The molecule has 3 N–H and O–H groups in total. The van der Waals surface area contributed by atoms with Crippen LogP contribution in [-0.2, 0) is 6.54 Å². The fourth-order valence-electron chi connectivity index (χ4n) is 2.41. The summed E-state index contributed by atoms with van der Waals surface area (Å²) < 4.78 is 5.32. The minimum atomic E-state index is 0.642. The Bertz CT molecular complexity index is 779. The zero-order valence-corrected chi connectivity index (χ0v) is 12.8. The molecular formula is C18H19N3O. The van der Waals surface area contributed by atoms with E-state index >= 15 is 0 Å². The Hall–Kier alpha value is -2.75. The second-order valence-corrected chi connectivity index (χ2v) is 5.41. The fourth-order valence-corrected chi connectivity index (χ4v) is 2.41. The van der Waals surface area contributed by atoms with Crippen LogP contribution in [0, 0.1) is 13.8 Å². The van der Waals surface area contributed by atoms with Crippen molar-refractivity contribution < 1.29 is 4.42 Å². The molecule has 2 aromatic carbocycles. The number of benzene rings is 2. The Labute approximate surface area is 130 Å². The van der Waals surface area contributed by atoms with E-state index in [-0.39, 0.29) is 0 Å². The Morgan fingerprint density at radius 3 is 2.64 bits per heavy atom. The minimum Gasteiger partial charge on any atom is -0.445 e. The van der Waals surface area contributed by atoms with Crippen molar-refractivity contribution in [3.05, 3.63) is 65.5 Å². The molecule has 0 atom stereocenters. The van der Waals surface area contributed by atoms with Crippen molar-refractivity contribution in [2.24, 2.45) is 0 Å². The molecule has 4 heteroatoms. The van der Waals surface area contributed by atoms with Crippen molar-refractivity contribution >= 4 is 11.4 Å². The van der Waals surface area contributed by atoms with E-state index in [1.807, 2.05) is 25.1 Å². The van der Waals surface area contributed by atoms with Crippen LogP contribution in [0.25, 0.3) is 11.5 Å². The zero-order chi connectivity index (χ0) is 15.5. The smallest absolute Gasteiger partial charge is 0.225 e. The quantitative estimate of drug-likeness (QED) is 0.709. The summed E-state index contributed by atoms with van der Waals surface area (Å²) in [7, 11) is 0. The van der Waals surface area contributed by atoms with Crippen molar-refractivity contribution in [1.82, 2.24) is 4.98 Å². The van der Waals surface area contributed by atoms with Crippen LogP contribution in [0.3, 0.4) is 0 Å². The molecule has 0 unspecified atom stereocenters. The second-order valence-electron chi connectivity index (χ2n) is 5.41. The largest absolute Gasteiger partial charge is 0.445 e. The monoisotopic (exact) mass is 293 g/mol. The lowest BCUT2D eigenvalue weighted by atomic mass is 10.1. The van der Waals surface area contributed by atoms with Crippen LogP contribution in [0.2, 0.25) is 0 Å². The molecule has 0 spiro atoms. The van der Waals surface area contributed by atoms with Crippen LogP contribution in [-0.4, -0.2) is 4.98 Å². The van der Waals surface area contributed by atoms with Crippen LogP contribution in [0.5, 0.6) is 0 Å². The van der Waals surface area contributed by atoms with E-state index < -0.39 is 0 Å². The van der Waals surface area contributed by atoms with Crippen molar-refractivity contribution in [3.8, 4) is 11.5 Å². The van der Waals surface area contributed by atoms with E-state index in [0.29, 0.717) is 5.89 Å². The highest BCUT2D eigenvalue weighted by atomic mass is 16.3. The normalized spacial score (nSPS) is 10.6. The predicted octanol–water partition coefficient (Wildman–Crippen LogP) is 4.15. The number of aryl methyl sites for hydroxylation is 2. The first-order valence-corrected chi connectivity index (χ1v) is 7.23. The third-order valence-corrected chi connectivity index (χ3v) is 3.72. The van der Waals surface area contributed by atoms with E-state index in [4.69, 9.17) is 10.2 Å². The Kier molecular flexibility index (Phi) is 3.83. The van der Waals surface area contributed by atoms with Crippen LogP contribution < -0.4 is 11.1 Å². The van der Waals surface area contributed by atoms with Gasteiger partial charge in [0.15, 0.2) is 0 Å². The number of nitrogens with one attached hydrogen (secondary N) is 1. The Balaban J connectivity index is 1.74. The number of hydrogen-bond donors (Lipinski definition) is 2. The van der Waals surface area contributed by atoms with Crippen molar-refractivity contribution in [2.75, 3.05) is 11.1 Å². The van der Waals surface area contributed by atoms with Gasteiger partial charge >= 0.3 is 0 Å². The van der Waals surface area contributed by atoms with Gasteiger partial charge in [-0.05, 0) is 54.8 Å². The molecule has 0 bridgehead atoms. The maximum atomic E-state index is 5.85. The molecule has 22 heavy (non-hydrogen) atoms. The summed E-state index contributed by atoms with van der Waals surface area (Å²) in [4.78, 5) is 4.17. The number of nitrogen functional groups attached to an aromatic ring is 1. The highest BCUT2D eigenvalue weighted by Gasteiger charge is 2.05. The highest BCUT2D eigenvalue weighted by Crippen LogP contribution is 2.24. The van der Waals surface area contributed by atoms with Crippen molar-refractivity contribution in [3.63, 3.8) is 0 Å². The molecule has 1 aromatic heterocycles. The van der Waals surface area contributed by atoms with Gasteiger partial charge in [0.25, 0.3) is 0 Å². The average Bonchev–Trinajstić information content (AvgIpc) is 3.04. The van der Waals surface area contributed by atoms with Crippen LogP contribution in [0.15, 0.2) is 53.3 Å². The molecular weight excluding hydrogens is 274 g/mol. The van der Waals surface area contributed by atoms with Gasteiger partial charge in [-0.3, -0.25) is 0 Å². The van der Waals surface area contributed by atoms with Crippen molar-refractivity contribution in [1.29, 1.82) is 0 Å². The van der Waals surface area contributed by atoms with E-state index in [0.717, 1.165) is 34.6 Å². The number of hydrogen-bond acceptors (Lipinski definition) is 4. The number of nitrogens with two attached hydrogens (primary N) is 1. The SMILES string of the molecule is Cc1cc(CNc2ccc(-c3ncco3)cc2C)ccc1N. The predicted molar refractivity (Wildman–Crippen MR) is 89.6 cm³/mol.